The van der Waals surface area contributed by atoms with Crippen molar-refractivity contribution in [2.75, 3.05) is 6.26 Å². The molecule has 1 aliphatic rings. The molecule has 0 aromatic carbocycles. The van der Waals surface area contributed by atoms with Gasteiger partial charge in [-0.05, 0) is 36.4 Å². The highest BCUT2D eigenvalue weighted by atomic mass is 35.5. The zero-order chi connectivity index (χ0) is 11.8. The van der Waals surface area contributed by atoms with Crippen molar-refractivity contribution >= 4 is 21.6 Å². The molecule has 16 heavy (non-hydrogen) atoms. The fraction of sp³-hybridized carbons (Fsp3) is 0.556. The molecule has 0 saturated heterocycles. The van der Waals surface area contributed by atoms with E-state index < -0.39 is 10.0 Å². The van der Waals surface area contributed by atoms with E-state index in [0.29, 0.717) is 11.6 Å². The average molecular weight is 262 g/mol. The van der Waals surface area contributed by atoms with Gasteiger partial charge < -0.3 is 0 Å². The molecule has 1 heterocycles. The van der Waals surface area contributed by atoms with Crippen LogP contribution in [0.5, 0.6) is 0 Å². The summed E-state index contributed by atoms with van der Waals surface area (Å²) < 4.78 is 25.1. The third-order valence-corrected chi connectivity index (χ3v) is 3.27. The predicted octanol–water partition coefficient (Wildman–Crippen LogP) is 1.13. The second kappa shape index (κ2) is 4.27. The molecule has 5 nitrogen and oxygen atoms in total. The van der Waals surface area contributed by atoms with Crippen molar-refractivity contribution < 1.29 is 8.42 Å². The minimum atomic E-state index is -3.24. The Bertz CT molecular complexity index is 487. The van der Waals surface area contributed by atoms with Gasteiger partial charge in [0.2, 0.25) is 15.3 Å². The van der Waals surface area contributed by atoms with Gasteiger partial charge in [-0.3, -0.25) is 0 Å². The molecule has 1 unspecified atom stereocenters. The van der Waals surface area contributed by atoms with Crippen LogP contribution in [0.15, 0.2) is 12.3 Å². The third kappa shape index (κ3) is 3.13. The summed E-state index contributed by atoms with van der Waals surface area (Å²) in [6.45, 7) is 0. The van der Waals surface area contributed by atoms with Gasteiger partial charge in [0.1, 0.15) is 0 Å². The Morgan fingerprint density at radius 3 is 2.75 bits per heavy atom. The number of nitrogens with zero attached hydrogens (tertiary/aromatic N) is 2. The van der Waals surface area contributed by atoms with Crippen LogP contribution >= 0.6 is 11.6 Å². The highest BCUT2D eigenvalue weighted by Gasteiger charge is 2.35. The summed E-state index contributed by atoms with van der Waals surface area (Å²) in [4.78, 5) is 7.82. The molecule has 0 amide bonds. The summed E-state index contributed by atoms with van der Waals surface area (Å²) in [6.07, 6.45) is 4.69. The predicted molar refractivity (Wildman–Crippen MR) is 60.5 cm³/mol. The molecule has 1 atom stereocenters. The molecule has 1 fully saturated rings. The van der Waals surface area contributed by atoms with Gasteiger partial charge in [-0.15, -0.1) is 0 Å². The molecule has 1 aliphatic carbocycles. The van der Waals surface area contributed by atoms with E-state index in [9.17, 15) is 8.42 Å². The van der Waals surface area contributed by atoms with E-state index in [1.165, 1.54) is 6.20 Å². The maximum Gasteiger partial charge on any atom is 0.222 e. The summed E-state index contributed by atoms with van der Waals surface area (Å²) in [6, 6.07) is 1.41. The first-order chi connectivity index (χ1) is 7.46. The highest BCUT2D eigenvalue weighted by Crippen LogP contribution is 2.40. The molecule has 0 spiro atoms. The van der Waals surface area contributed by atoms with E-state index in [1.54, 1.807) is 6.07 Å². The van der Waals surface area contributed by atoms with Gasteiger partial charge in [-0.25, -0.2) is 23.1 Å². The molecule has 1 aromatic heterocycles. The Kier molecular flexibility index (Phi) is 3.14. The standard InChI is InChI=1S/C9H12ClN3O2S/c1-16(14,15)13-8(6-2-3-6)7-4-5-11-9(10)12-7/h4-6,8,13H,2-3H2,1H3. The van der Waals surface area contributed by atoms with E-state index in [4.69, 9.17) is 11.6 Å². The first-order valence-electron chi connectivity index (χ1n) is 4.91. The maximum atomic E-state index is 11.2. The molecule has 0 radical (unpaired) electrons. The highest BCUT2D eigenvalue weighted by molar-refractivity contribution is 7.88. The summed E-state index contributed by atoms with van der Waals surface area (Å²) in [5.41, 5.74) is 0.632. The van der Waals surface area contributed by atoms with Crippen molar-refractivity contribution in [1.82, 2.24) is 14.7 Å². The summed E-state index contributed by atoms with van der Waals surface area (Å²) in [7, 11) is -3.24. The van der Waals surface area contributed by atoms with Gasteiger partial charge in [0.15, 0.2) is 0 Å². The number of aromatic nitrogens is 2. The van der Waals surface area contributed by atoms with Crippen LogP contribution in [0.3, 0.4) is 0 Å². The normalized spacial score (nSPS) is 18.4. The minimum absolute atomic E-state index is 0.137. The molecule has 0 bridgehead atoms. The topological polar surface area (TPSA) is 72.0 Å². The van der Waals surface area contributed by atoms with Gasteiger partial charge in [0.25, 0.3) is 0 Å². The molecule has 2 rings (SSSR count). The van der Waals surface area contributed by atoms with Crippen LogP contribution in [0.2, 0.25) is 5.28 Å². The number of hydrogen-bond acceptors (Lipinski definition) is 4. The SMILES string of the molecule is CS(=O)(=O)NC(c1ccnc(Cl)n1)C1CC1. The lowest BCUT2D eigenvalue weighted by atomic mass is 10.1. The quantitative estimate of drug-likeness (QED) is 0.825. The zero-order valence-electron chi connectivity index (χ0n) is 8.72. The van der Waals surface area contributed by atoms with Gasteiger partial charge >= 0.3 is 0 Å². The molecule has 1 saturated carbocycles. The lowest BCUT2D eigenvalue weighted by Gasteiger charge is -2.15. The third-order valence-electron chi connectivity index (χ3n) is 2.40. The van der Waals surface area contributed by atoms with Gasteiger partial charge in [-0.2, -0.15) is 0 Å². The van der Waals surface area contributed by atoms with Gasteiger partial charge in [0.05, 0.1) is 18.0 Å². The molecule has 1 N–H and O–H groups in total. The first-order valence-corrected chi connectivity index (χ1v) is 7.18. The van der Waals surface area contributed by atoms with Crippen LogP contribution in [-0.2, 0) is 10.0 Å². The molecule has 0 aliphatic heterocycles. The smallest absolute Gasteiger partial charge is 0.222 e. The lowest BCUT2D eigenvalue weighted by Crippen LogP contribution is -2.29. The van der Waals surface area contributed by atoms with Crippen LogP contribution in [0.4, 0.5) is 0 Å². The Morgan fingerprint density at radius 2 is 2.25 bits per heavy atom. The van der Waals surface area contributed by atoms with Crippen LogP contribution < -0.4 is 4.72 Å². The fourth-order valence-corrected chi connectivity index (χ4v) is 2.51. The van der Waals surface area contributed by atoms with Crippen LogP contribution in [-0.4, -0.2) is 24.6 Å². The lowest BCUT2D eigenvalue weighted by molar-refractivity contribution is 0.524. The maximum absolute atomic E-state index is 11.2. The van der Waals surface area contributed by atoms with Crippen LogP contribution in [0, 0.1) is 5.92 Å². The van der Waals surface area contributed by atoms with Crippen LogP contribution in [0.1, 0.15) is 24.6 Å². The van der Waals surface area contributed by atoms with Crippen molar-refractivity contribution in [1.29, 1.82) is 0 Å². The van der Waals surface area contributed by atoms with Gasteiger partial charge in [0, 0.05) is 6.20 Å². The molecular formula is C9H12ClN3O2S. The minimum Gasteiger partial charge on any atom is -0.227 e. The van der Waals surface area contributed by atoms with Crippen molar-refractivity contribution in [3.05, 3.63) is 23.2 Å². The van der Waals surface area contributed by atoms with Crippen molar-refractivity contribution in [2.24, 2.45) is 5.92 Å². The summed E-state index contributed by atoms with van der Waals surface area (Å²) in [5.74, 6) is 0.320. The number of hydrogen-bond donors (Lipinski definition) is 1. The van der Waals surface area contributed by atoms with E-state index >= 15 is 0 Å². The second-order valence-corrected chi connectivity index (χ2v) is 6.07. The van der Waals surface area contributed by atoms with Crippen LogP contribution in [0.25, 0.3) is 0 Å². The molecule has 7 heteroatoms. The van der Waals surface area contributed by atoms with Gasteiger partial charge in [-0.1, -0.05) is 0 Å². The molecule has 88 valence electrons. The number of nitrogens with one attached hydrogen (secondary N) is 1. The van der Waals surface area contributed by atoms with E-state index in [-0.39, 0.29) is 11.3 Å². The van der Waals surface area contributed by atoms with Crippen molar-refractivity contribution in [3.8, 4) is 0 Å². The molecular weight excluding hydrogens is 250 g/mol. The number of rotatable bonds is 4. The number of sulfonamides is 1. The Balaban J connectivity index is 2.26. The largest absolute Gasteiger partial charge is 0.227 e. The van der Waals surface area contributed by atoms with E-state index in [1.807, 2.05) is 0 Å². The molecule has 1 aromatic rings. The summed E-state index contributed by atoms with van der Waals surface area (Å²) >= 11 is 5.69. The van der Waals surface area contributed by atoms with Crippen molar-refractivity contribution in [3.63, 3.8) is 0 Å². The number of halogens is 1. The zero-order valence-corrected chi connectivity index (χ0v) is 10.3. The second-order valence-electron chi connectivity index (χ2n) is 3.96. The van der Waals surface area contributed by atoms with E-state index in [2.05, 4.69) is 14.7 Å². The Labute approximate surface area is 99.3 Å². The first kappa shape index (κ1) is 11.8. The monoisotopic (exact) mass is 261 g/mol. The Morgan fingerprint density at radius 1 is 1.56 bits per heavy atom. The summed E-state index contributed by atoms with van der Waals surface area (Å²) in [5, 5.41) is 0.137. The fourth-order valence-electron chi connectivity index (χ4n) is 1.58. The average Bonchev–Trinajstić information content (AvgIpc) is 2.96. The van der Waals surface area contributed by atoms with Crippen molar-refractivity contribution in [2.45, 2.75) is 18.9 Å². The Hall–Kier alpha value is -0.720. The van der Waals surface area contributed by atoms with E-state index in [0.717, 1.165) is 19.1 Å².